The molecule has 0 spiro atoms. The van der Waals surface area contributed by atoms with Crippen LogP contribution >= 0.6 is 11.8 Å². The number of benzene rings is 2. The maximum atomic E-state index is 12.9. The van der Waals surface area contributed by atoms with Gasteiger partial charge in [0.1, 0.15) is 0 Å². The molecule has 5 nitrogen and oxygen atoms in total. The maximum absolute atomic E-state index is 12.9. The van der Waals surface area contributed by atoms with Crippen LogP contribution in [-0.4, -0.2) is 54.2 Å². The summed E-state index contributed by atoms with van der Waals surface area (Å²) in [4.78, 5) is 30.7. The van der Waals surface area contributed by atoms with Crippen molar-refractivity contribution < 1.29 is 9.59 Å². The van der Waals surface area contributed by atoms with Crippen LogP contribution < -0.4 is 5.32 Å². The third kappa shape index (κ3) is 8.11. The van der Waals surface area contributed by atoms with Gasteiger partial charge in [-0.1, -0.05) is 44.2 Å². The molecule has 1 aliphatic rings. The molecule has 178 valence electrons. The van der Waals surface area contributed by atoms with E-state index in [4.69, 9.17) is 0 Å². The number of piperidine rings is 1. The lowest BCUT2D eigenvalue weighted by atomic mass is 9.90. The van der Waals surface area contributed by atoms with E-state index in [1.807, 2.05) is 35.4 Å². The molecule has 0 aromatic heterocycles. The van der Waals surface area contributed by atoms with Crippen molar-refractivity contribution in [1.29, 1.82) is 0 Å². The highest BCUT2D eigenvalue weighted by Gasteiger charge is 2.24. The van der Waals surface area contributed by atoms with Crippen molar-refractivity contribution in [2.75, 3.05) is 37.8 Å². The molecule has 1 fully saturated rings. The molecule has 2 aromatic carbocycles. The fourth-order valence-corrected chi connectivity index (χ4v) is 4.72. The molecule has 0 unspecified atom stereocenters. The Balaban J connectivity index is 1.47. The van der Waals surface area contributed by atoms with Crippen LogP contribution in [0.1, 0.15) is 38.7 Å². The first-order valence-electron chi connectivity index (χ1n) is 12.0. The van der Waals surface area contributed by atoms with Crippen LogP contribution in [0.25, 0.3) is 0 Å². The predicted octanol–water partition coefficient (Wildman–Crippen LogP) is 5.77. The van der Waals surface area contributed by atoms with Gasteiger partial charge in [-0.05, 0) is 67.2 Å². The first-order chi connectivity index (χ1) is 15.9. The first kappa shape index (κ1) is 25.2. The quantitative estimate of drug-likeness (QED) is 0.476. The number of likely N-dealkylation sites (tertiary alicyclic amines) is 1. The third-order valence-electron chi connectivity index (χ3n) is 6.14. The minimum atomic E-state index is -0.144. The Hall–Kier alpha value is -2.47. The van der Waals surface area contributed by atoms with E-state index in [2.05, 4.69) is 49.5 Å². The monoisotopic (exact) mass is 467 g/mol. The van der Waals surface area contributed by atoms with Gasteiger partial charge < -0.3 is 15.1 Å². The number of thioether (sulfide) groups is 1. The molecule has 6 heteroatoms. The van der Waals surface area contributed by atoms with Gasteiger partial charge >= 0.3 is 6.03 Å². The van der Waals surface area contributed by atoms with E-state index in [1.165, 1.54) is 5.56 Å². The van der Waals surface area contributed by atoms with Crippen LogP contribution in [0.4, 0.5) is 10.5 Å². The number of amides is 3. The number of rotatable bonds is 9. The summed E-state index contributed by atoms with van der Waals surface area (Å²) < 4.78 is 0. The number of urea groups is 1. The molecule has 0 bridgehead atoms. The van der Waals surface area contributed by atoms with Gasteiger partial charge in [0.25, 0.3) is 0 Å². The molecule has 1 aliphatic heterocycles. The molecule has 0 saturated carbocycles. The van der Waals surface area contributed by atoms with Gasteiger partial charge in [-0.3, -0.25) is 4.79 Å². The van der Waals surface area contributed by atoms with Gasteiger partial charge in [-0.2, -0.15) is 0 Å². The highest BCUT2D eigenvalue weighted by atomic mass is 32.2. The van der Waals surface area contributed by atoms with Gasteiger partial charge in [-0.15, -0.1) is 11.8 Å². The second-order valence-electron chi connectivity index (χ2n) is 9.26. The standard InChI is InChI=1S/C27H37N3O2S/c1-21(2)20-30(27(32)28-24-9-11-25(33-3)12-10-24)18-15-26(31)29-16-13-23(14-17-29)19-22-7-5-4-6-8-22/h4-12,21,23H,13-20H2,1-3H3,(H,28,32). The SMILES string of the molecule is CSc1ccc(NC(=O)N(CCC(=O)N2CCC(Cc3ccccc3)CC2)CC(C)C)cc1. The molecule has 33 heavy (non-hydrogen) atoms. The van der Waals surface area contributed by atoms with Gasteiger partial charge in [0.15, 0.2) is 0 Å². The maximum Gasteiger partial charge on any atom is 0.321 e. The molecule has 0 atom stereocenters. The number of hydrogen-bond donors (Lipinski definition) is 1. The third-order valence-corrected chi connectivity index (χ3v) is 6.89. The zero-order valence-electron chi connectivity index (χ0n) is 20.1. The minimum absolute atomic E-state index is 0.144. The summed E-state index contributed by atoms with van der Waals surface area (Å²) in [6.07, 6.45) is 5.57. The highest BCUT2D eigenvalue weighted by Crippen LogP contribution is 2.22. The van der Waals surface area contributed by atoms with E-state index in [-0.39, 0.29) is 11.9 Å². The number of hydrogen-bond acceptors (Lipinski definition) is 3. The fraction of sp³-hybridized carbons (Fsp3) is 0.481. The van der Waals surface area contributed by atoms with Crippen LogP contribution in [0.15, 0.2) is 59.5 Å². The van der Waals surface area contributed by atoms with Crippen molar-refractivity contribution in [3.05, 3.63) is 60.2 Å². The van der Waals surface area contributed by atoms with Crippen LogP contribution in [0, 0.1) is 11.8 Å². The van der Waals surface area contributed by atoms with Crippen molar-refractivity contribution in [3.63, 3.8) is 0 Å². The average Bonchev–Trinajstić information content (AvgIpc) is 2.83. The lowest BCUT2D eigenvalue weighted by molar-refractivity contribution is -0.132. The lowest BCUT2D eigenvalue weighted by Crippen LogP contribution is -2.43. The predicted molar refractivity (Wildman–Crippen MR) is 138 cm³/mol. The van der Waals surface area contributed by atoms with Crippen LogP contribution in [0.3, 0.4) is 0 Å². The second-order valence-corrected chi connectivity index (χ2v) is 10.1. The Labute approximate surface area is 202 Å². The van der Waals surface area contributed by atoms with Crippen LogP contribution in [0.2, 0.25) is 0 Å². The topological polar surface area (TPSA) is 52.7 Å². The first-order valence-corrected chi connectivity index (χ1v) is 13.2. The van der Waals surface area contributed by atoms with E-state index in [0.29, 0.717) is 31.3 Å². The second kappa shape index (κ2) is 12.7. The largest absolute Gasteiger partial charge is 0.343 e. The van der Waals surface area contributed by atoms with Crippen molar-refractivity contribution in [2.24, 2.45) is 11.8 Å². The summed E-state index contributed by atoms with van der Waals surface area (Å²) >= 11 is 1.67. The van der Waals surface area contributed by atoms with Gasteiger partial charge in [0, 0.05) is 43.2 Å². The van der Waals surface area contributed by atoms with E-state index in [9.17, 15) is 9.59 Å². The Kier molecular flexibility index (Phi) is 9.67. The molecular weight excluding hydrogens is 430 g/mol. The molecule has 2 aromatic rings. The van der Waals surface area contributed by atoms with Crippen molar-refractivity contribution >= 4 is 29.4 Å². The minimum Gasteiger partial charge on any atom is -0.343 e. The summed E-state index contributed by atoms with van der Waals surface area (Å²) in [5, 5.41) is 2.98. The normalized spacial score (nSPS) is 14.4. The Bertz CT molecular complexity index is 878. The molecule has 1 saturated heterocycles. The number of nitrogens with one attached hydrogen (secondary N) is 1. The van der Waals surface area contributed by atoms with Gasteiger partial charge in [0.05, 0.1) is 0 Å². The van der Waals surface area contributed by atoms with E-state index in [0.717, 1.165) is 42.9 Å². The van der Waals surface area contributed by atoms with Crippen molar-refractivity contribution in [3.8, 4) is 0 Å². The van der Waals surface area contributed by atoms with Crippen LogP contribution in [-0.2, 0) is 11.2 Å². The Morgan fingerprint density at radius 3 is 2.33 bits per heavy atom. The van der Waals surface area contributed by atoms with E-state index >= 15 is 0 Å². The lowest BCUT2D eigenvalue weighted by Gasteiger charge is -2.33. The van der Waals surface area contributed by atoms with E-state index in [1.54, 1.807) is 16.7 Å². The van der Waals surface area contributed by atoms with Gasteiger partial charge in [-0.25, -0.2) is 4.79 Å². The molecule has 3 amide bonds. The summed E-state index contributed by atoms with van der Waals surface area (Å²) in [7, 11) is 0. The molecule has 0 radical (unpaired) electrons. The number of anilines is 1. The molecule has 3 rings (SSSR count). The Morgan fingerprint density at radius 1 is 1.06 bits per heavy atom. The molecule has 1 heterocycles. The molecule has 0 aliphatic carbocycles. The summed E-state index contributed by atoms with van der Waals surface area (Å²) in [5.41, 5.74) is 2.15. The molecule has 1 N–H and O–H groups in total. The number of nitrogens with zero attached hydrogens (tertiary/aromatic N) is 2. The number of carbonyl (C=O) groups is 2. The number of carbonyl (C=O) groups excluding carboxylic acids is 2. The Morgan fingerprint density at radius 2 is 1.73 bits per heavy atom. The summed E-state index contributed by atoms with van der Waals surface area (Å²) in [6.45, 7) is 6.87. The summed E-state index contributed by atoms with van der Waals surface area (Å²) in [6, 6.07) is 18.3. The van der Waals surface area contributed by atoms with Crippen molar-refractivity contribution in [2.45, 2.75) is 44.4 Å². The zero-order chi connectivity index (χ0) is 23.6. The average molecular weight is 468 g/mol. The zero-order valence-corrected chi connectivity index (χ0v) is 20.9. The highest BCUT2D eigenvalue weighted by molar-refractivity contribution is 7.98. The smallest absolute Gasteiger partial charge is 0.321 e. The van der Waals surface area contributed by atoms with Crippen molar-refractivity contribution in [1.82, 2.24) is 9.80 Å². The summed E-state index contributed by atoms with van der Waals surface area (Å²) in [5.74, 6) is 1.12. The molecular formula is C27H37N3O2S. The fourth-order valence-electron chi connectivity index (χ4n) is 4.32. The van der Waals surface area contributed by atoms with Gasteiger partial charge in [0.2, 0.25) is 5.91 Å². The van der Waals surface area contributed by atoms with Crippen LogP contribution in [0.5, 0.6) is 0 Å². The van der Waals surface area contributed by atoms with E-state index < -0.39 is 0 Å².